The molecule has 0 aromatic rings. The second-order valence-corrected chi connectivity index (χ2v) is 3.73. The maximum atomic E-state index is 11.7. The summed E-state index contributed by atoms with van der Waals surface area (Å²) in [4.78, 5) is 16.2. The third-order valence-corrected chi connectivity index (χ3v) is 3.18. The fourth-order valence-electron chi connectivity index (χ4n) is 2.21. The summed E-state index contributed by atoms with van der Waals surface area (Å²) in [7, 11) is 0. The lowest BCUT2D eigenvalue weighted by atomic mass is 10.4. The van der Waals surface area contributed by atoms with E-state index in [1.807, 2.05) is 0 Å². The van der Waals surface area contributed by atoms with Crippen LogP contribution in [-0.4, -0.2) is 53.8 Å². The van der Waals surface area contributed by atoms with Crippen molar-refractivity contribution in [1.82, 2.24) is 9.80 Å². The van der Waals surface area contributed by atoms with Crippen molar-refractivity contribution in [3.63, 3.8) is 0 Å². The second kappa shape index (κ2) is 4.89. The van der Waals surface area contributed by atoms with E-state index in [4.69, 9.17) is 0 Å². The summed E-state index contributed by atoms with van der Waals surface area (Å²) in [5.41, 5.74) is 0. The van der Waals surface area contributed by atoms with Gasteiger partial charge in [-0.2, -0.15) is 0 Å². The number of ketones is 1. The Bertz CT molecular complexity index is 177. The molecule has 0 aliphatic heterocycles. The Balaban J connectivity index is 2.55. The van der Waals surface area contributed by atoms with Gasteiger partial charge in [0.25, 0.3) is 0 Å². The van der Waals surface area contributed by atoms with Crippen LogP contribution in [0.15, 0.2) is 0 Å². The van der Waals surface area contributed by atoms with Crippen LogP contribution in [0.25, 0.3) is 0 Å². The van der Waals surface area contributed by atoms with Gasteiger partial charge in [0, 0.05) is 0 Å². The molecule has 1 aliphatic carbocycles. The Labute approximate surface area is 87.1 Å². The van der Waals surface area contributed by atoms with Crippen molar-refractivity contribution in [2.75, 3.05) is 26.2 Å². The number of carbonyl (C=O) groups is 1. The van der Waals surface area contributed by atoms with Crippen molar-refractivity contribution >= 4 is 5.78 Å². The minimum absolute atomic E-state index is 0.185. The number of likely N-dealkylation sites (N-methyl/N-ethyl adjacent to an activating group) is 2. The molecule has 0 radical (unpaired) electrons. The minimum Gasteiger partial charge on any atom is -0.296 e. The molecule has 0 N–H and O–H groups in total. The van der Waals surface area contributed by atoms with Crippen molar-refractivity contribution in [3.05, 3.63) is 0 Å². The van der Waals surface area contributed by atoms with Gasteiger partial charge in [-0.3, -0.25) is 14.6 Å². The molecule has 0 saturated heterocycles. The number of rotatable bonds is 6. The van der Waals surface area contributed by atoms with Gasteiger partial charge in [0.05, 0.1) is 12.1 Å². The number of hydrogen-bond acceptors (Lipinski definition) is 3. The third kappa shape index (κ3) is 1.98. The molecule has 0 bridgehead atoms. The molecule has 0 spiro atoms. The van der Waals surface area contributed by atoms with Gasteiger partial charge >= 0.3 is 0 Å². The van der Waals surface area contributed by atoms with Crippen LogP contribution in [0.4, 0.5) is 0 Å². The smallest absolute Gasteiger partial charge is 0.171 e. The molecular weight excluding hydrogens is 176 g/mol. The fraction of sp³-hybridized carbons (Fsp3) is 0.909. The zero-order chi connectivity index (χ0) is 10.7. The van der Waals surface area contributed by atoms with Gasteiger partial charge in [0.1, 0.15) is 0 Å². The first-order valence-electron chi connectivity index (χ1n) is 5.72. The summed E-state index contributed by atoms with van der Waals surface area (Å²) in [6, 6.07) is 0.370. The number of Topliss-reactive ketones (excluding diaryl/α,β-unsaturated/α-hetero) is 1. The Morgan fingerprint density at radius 3 is 1.36 bits per heavy atom. The quantitative estimate of drug-likeness (QED) is 0.636. The van der Waals surface area contributed by atoms with Crippen LogP contribution in [0.1, 0.15) is 27.7 Å². The Morgan fingerprint density at radius 1 is 0.857 bits per heavy atom. The molecule has 3 heteroatoms. The summed E-state index contributed by atoms with van der Waals surface area (Å²) in [5.74, 6) is 0.414. The molecule has 14 heavy (non-hydrogen) atoms. The van der Waals surface area contributed by atoms with Crippen molar-refractivity contribution in [2.45, 2.75) is 39.8 Å². The van der Waals surface area contributed by atoms with Gasteiger partial charge in [-0.1, -0.05) is 27.7 Å². The van der Waals surface area contributed by atoms with Crippen LogP contribution in [-0.2, 0) is 4.79 Å². The molecule has 0 amide bonds. The fourth-order valence-corrected chi connectivity index (χ4v) is 2.21. The van der Waals surface area contributed by atoms with Crippen LogP contribution < -0.4 is 0 Å². The summed E-state index contributed by atoms with van der Waals surface area (Å²) in [6.45, 7) is 12.4. The lowest BCUT2D eigenvalue weighted by molar-refractivity contribution is -0.112. The van der Waals surface area contributed by atoms with E-state index in [1.54, 1.807) is 0 Å². The highest BCUT2D eigenvalue weighted by atomic mass is 16.1. The molecular formula is C11H22N2O. The Morgan fingerprint density at radius 2 is 1.14 bits per heavy atom. The molecule has 2 unspecified atom stereocenters. The minimum atomic E-state index is 0.185. The number of hydrogen-bond donors (Lipinski definition) is 0. The molecule has 1 saturated carbocycles. The van der Waals surface area contributed by atoms with Gasteiger partial charge in [-0.15, -0.1) is 0 Å². The average molecular weight is 198 g/mol. The molecule has 0 aromatic carbocycles. The van der Waals surface area contributed by atoms with Gasteiger partial charge < -0.3 is 0 Å². The summed E-state index contributed by atoms with van der Waals surface area (Å²) in [5, 5.41) is 0. The van der Waals surface area contributed by atoms with Crippen LogP contribution in [0.3, 0.4) is 0 Å². The normalized spacial score (nSPS) is 26.3. The van der Waals surface area contributed by atoms with E-state index in [2.05, 4.69) is 37.5 Å². The van der Waals surface area contributed by atoms with E-state index in [1.165, 1.54) is 0 Å². The van der Waals surface area contributed by atoms with Crippen LogP contribution in [0.5, 0.6) is 0 Å². The van der Waals surface area contributed by atoms with Crippen LogP contribution >= 0.6 is 0 Å². The average Bonchev–Trinajstić information content (AvgIpc) is 2.83. The molecule has 82 valence electrons. The SMILES string of the molecule is CCN(CC)C1C(=O)C1N(CC)CC. The van der Waals surface area contributed by atoms with E-state index in [0.29, 0.717) is 5.78 Å². The van der Waals surface area contributed by atoms with Crippen molar-refractivity contribution in [2.24, 2.45) is 0 Å². The van der Waals surface area contributed by atoms with Crippen LogP contribution in [0.2, 0.25) is 0 Å². The zero-order valence-electron chi connectivity index (χ0n) is 9.79. The van der Waals surface area contributed by atoms with Crippen molar-refractivity contribution in [1.29, 1.82) is 0 Å². The van der Waals surface area contributed by atoms with Crippen molar-refractivity contribution < 1.29 is 4.79 Å². The second-order valence-electron chi connectivity index (χ2n) is 3.73. The molecule has 1 aliphatic rings. The first-order valence-corrected chi connectivity index (χ1v) is 5.72. The molecule has 0 heterocycles. The molecule has 2 atom stereocenters. The Hall–Kier alpha value is -0.410. The third-order valence-electron chi connectivity index (χ3n) is 3.18. The maximum absolute atomic E-state index is 11.7. The molecule has 1 rings (SSSR count). The van der Waals surface area contributed by atoms with E-state index in [0.717, 1.165) is 26.2 Å². The topological polar surface area (TPSA) is 23.6 Å². The van der Waals surface area contributed by atoms with E-state index >= 15 is 0 Å². The highest BCUT2D eigenvalue weighted by molar-refractivity contribution is 6.07. The molecule has 3 nitrogen and oxygen atoms in total. The zero-order valence-corrected chi connectivity index (χ0v) is 9.79. The Kier molecular flexibility index (Phi) is 4.08. The molecule has 1 fully saturated rings. The predicted octanol–water partition coefficient (Wildman–Crippen LogP) is 0.990. The monoisotopic (exact) mass is 198 g/mol. The largest absolute Gasteiger partial charge is 0.296 e. The van der Waals surface area contributed by atoms with E-state index < -0.39 is 0 Å². The first kappa shape index (κ1) is 11.7. The van der Waals surface area contributed by atoms with E-state index in [9.17, 15) is 4.79 Å². The number of carbonyl (C=O) groups excluding carboxylic acids is 1. The predicted molar refractivity (Wildman–Crippen MR) is 58.4 cm³/mol. The molecule has 0 aromatic heterocycles. The van der Waals surface area contributed by atoms with Gasteiger partial charge in [-0.25, -0.2) is 0 Å². The first-order chi connectivity index (χ1) is 6.71. The van der Waals surface area contributed by atoms with Gasteiger partial charge in [0.15, 0.2) is 5.78 Å². The van der Waals surface area contributed by atoms with Crippen LogP contribution in [0, 0.1) is 0 Å². The maximum Gasteiger partial charge on any atom is 0.171 e. The highest BCUT2D eigenvalue weighted by Gasteiger charge is 2.54. The van der Waals surface area contributed by atoms with E-state index in [-0.39, 0.29) is 12.1 Å². The lowest BCUT2D eigenvalue weighted by Gasteiger charge is -2.21. The summed E-state index contributed by atoms with van der Waals surface area (Å²) < 4.78 is 0. The van der Waals surface area contributed by atoms with Gasteiger partial charge in [0.2, 0.25) is 0 Å². The summed E-state index contributed by atoms with van der Waals surface area (Å²) >= 11 is 0. The highest BCUT2D eigenvalue weighted by Crippen LogP contribution is 2.28. The standard InChI is InChI=1S/C11H22N2O/c1-5-12(6-2)9-10(11(9)14)13(7-3)8-4/h9-10H,5-8H2,1-4H3. The number of nitrogens with zero attached hydrogens (tertiary/aromatic N) is 2. The van der Waals surface area contributed by atoms with Crippen molar-refractivity contribution in [3.8, 4) is 0 Å². The lowest BCUT2D eigenvalue weighted by Crippen LogP contribution is -2.34. The van der Waals surface area contributed by atoms with Gasteiger partial charge in [-0.05, 0) is 26.2 Å². The summed E-state index contributed by atoms with van der Waals surface area (Å²) in [6.07, 6.45) is 0.